The van der Waals surface area contributed by atoms with Crippen LogP contribution in [0.4, 0.5) is 0 Å². The number of imidazole rings is 1. The molecule has 0 aliphatic carbocycles. The Morgan fingerprint density at radius 3 is 2.85 bits per heavy atom. The molecule has 7 nitrogen and oxygen atoms in total. The molecular formula is C27H32N4O3. The van der Waals surface area contributed by atoms with Gasteiger partial charge in [-0.1, -0.05) is 48.5 Å². The van der Waals surface area contributed by atoms with Gasteiger partial charge >= 0.3 is 0 Å². The SMILES string of the molecule is COCc1ccccc1-c1ccccc1[C@H](C)n1cncc1C(=O)N1CCC2NCCO[C@@H]2C1. The Bertz CT molecular complexity index is 1140. The molecule has 1 aromatic heterocycles. The number of amides is 1. The average Bonchev–Trinajstić information content (AvgIpc) is 3.38. The monoisotopic (exact) mass is 460 g/mol. The second-order valence-electron chi connectivity index (χ2n) is 9.05. The zero-order valence-corrected chi connectivity index (χ0v) is 19.8. The summed E-state index contributed by atoms with van der Waals surface area (Å²) in [5.41, 5.74) is 5.16. The highest BCUT2D eigenvalue weighted by molar-refractivity contribution is 5.92. The van der Waals surface area contributed by atoms with E-state index in [-0.39, 0.29) is 18.1 Å². The van der Waals surface area contributed by atoms with Crippen LogP contribution in [0.15, 0.2) is 61.1 Å². The van der Waals surface area contributed by atoms with Gasteiger partial charge in [0.05, 0.1) is 37.9 Å². The zero-order chi connectivity index (χ0) is 23.5. The molecule has 178 valence electrons. The van der Waals surface area contributed by atoms with Crippen LogP contribution in [0.1, 0.15) is 41.0 Å². The van der Waals surface area contributed by atoms with Gasteiger partial charge in [-0.05, 0) is 35.6 Å². The Kier molecular flexibility index (Phi) is 6.76. The van der Waals surface area contributed by atoms with Crippen LogP contribution in [-0.2, 0) is 16.1 Å². The van der Waals surface area contributed by atoms with Gasteiger partial charge in [-0.25, -0.2) is 4.98 Å². The van der Waals surface area contributed by atoms with Crippen molar-refractivity contribution in [3.8, 4) is 11.1 Å². The maximum absolute atomic E-state index is 13.6. The molecule has 2 saturated heterocycles. The fourth-order valence-corrected chi connectivity index (χ4v) is 5.22. The van der Waals surface area contributed by atoms with Gasteiger partial charge in [-0.2, -0.15) is 0 Å². The second kappa shape index (κ2) is 10.1. The molecule has 0 radical (unpaired) electrons. The number of benzene rings is 2. The predicted octanol–water partition coefficient (Wildman–Crippen LogP) is 3.51. The highest BCUT2D eigenvalue weighted by Gasteiger charge is 2.35. The summed E-state index contributed by atoms with van der Waals surface area (Å²) < 4.78 is 13.4. The molecule has 34 heavy (non-hydrogen) atoms. The molecule has 2 fully saturated rings. The van der Waals surface area contributed by atoms with Crippen LogP contribution in [0, 0.1) is 0 Å². The number of hydrogen-bond donors (Lipinski definition) is 1. The summed E-state index contributed by atoms with van der Waals surface area (Å²) in [5, 5.41) is 3.51. The number of carbonyl (C=O) groups is 1. The number of methoxy groups -OCH3 is 1. The third-order valence-corrected chi connectivity index (χ3v) is 7.01. The van der Waals surface area contributed by atoms with Gasteiger partial charge in [0.2, 0.25) is 0 Å². The molecule has 0 saturated carbocycles. The molecule has 3 heterocycles. The lowest BCUT2D eigenvalue weighted by atomic mass is 9.92. The van der Waals surface area contributed by atoms with Crippen molar-refractivity contribution in [2.45, 2.75) is 38.1 Å². The van der Waals surface area contributed by atoms with Gasteiger partial charge in [-0.3, -0.25) is 4.79 Å². The van der Waals surface area contributed by atoms with Gasteiger partial charge in [0.1, 0.15) is 5.69 Å². The van der Waals surface area contributed by atoms with Crippen molar-refractivity contribution in [2.75, 3.05) is 33.4 Å². The van der Waals surface area contributed by atoms with E-state index in [1.54, 1.807) is 19.6 Å². The molecule has 1 amide bonds. The van der Waals surface area contributed by atoms with Crippen LogP contribution in [0.2, 0.25) is 0 Å². The standard InChI is InChI=1S/C27H32N4O3/c1-19(21-8-5-6-10-23(21)22-9-4-3-7-20(22)17-33-2)31-18-28-15-25(31)27(32)30-13-11-24-26(16-30)34-14-12-29-24/h3-10,15,18-19,24,26,29H,11-14,16-17H2,1-2H3/t19-,24?,26+/m0/s1. The average molecular weight is 461 g/mol. The fraction of sp³-hybridized carbons (Fsp3) is 0.407. The van der Waals surface area contributed by atoms with Crippen molar-refractivity contribution in [2.24, 2.45) is 0 Å². The fourth-order valence-electron chi connectivity index (χ4n) is 5.22. The molecule has 1 unspecified atom stereocenters. The number of hydrogen-bond acceptors (Lipinski definition) is 5. The van der Waals surface area contributed by atoms with E-state index in [0.717, 1.165) is 41.8 Å². The minimum atomic E-state index is -0.0709. The summed E-state index contributed by atoms with van der Waals surface area (Å²) in [6.45, 7) is 5.57. The normalized spacial score (nSPS) is 21.2. The van der Waals surface area contributed by atoms with E-state index in [0.29, 0.717) is 31.5 Å². The summed E-state index contributed by atoms with van der Waals surface area (Å²) in [4.78, 5) is 19.8. The number of rotatable bonds is 6. The highest BCUT2D eigenvalue weighted by Crippen LogP contribution is 2.33. The quantitative estimate of drug-likeness (QED) is 0.610. The molecule has 1 N–H and O–H groups in total. The van der Waals surface area contributed by atoms with Gasteiger partial charge < -0.3 is 24.3 Å². The summed E-state index contributed by atoms with van der Waals surface area (Å²) in [7, 11) is 1.71. The summed E-state index contributed by atoms with van der Waals surface area (Å²) in [6.07, 6.45) is 4.41. The van der Waals surface area contributed by atoms with E-state index in [9.17, 15) is 4.79 Å². The first-order valence-electron chi connectivity index (χ1n) is 12.0. The molecule has 0 bridgehead atoms. The van der Waals surface area contributed by atoms with Gasteiger partial charge in [0.15, 0.2) is 0 Å². The molecular weight excluding hydrogens is 428 g/mol. The van der Waals surface area contributed by atoms with Crippen LogP contribution >= 0.6 is 0 Å². The maximum Gasteiger partial charge on any atom is 0.272 e. The first-order chi connectivity index (χ1) is 16.7. The number of aromatic nitrogens is 2. The Morgan fingerprint density at radius 2 is 2.00 bits per heavy atom. The molecule has 3 aromatic rings. The van der Waals surface area contributed by atoms with Crippen molar-refractivity contribution in [1.82, 2.24) is 19.8 Å². The number of nitrogens with one attached hydrogen (secondary N) is 1. The van der Waals surface area contributed by atoms with Gasteiger partial charge in [0.25, 0.3) is 5.91 Å². The van der Waals surface area contributed by atoms with Gasteiger partial charge in [0, 0.05) is 32.8 Å². The molecule has 0 spiro atoms. The molecule has 2 aromatic carbocycles. The Labute approximate surface area is 200 Å². The maximum atomic E-state index is 13.6. The third-order valence-electron chi connectivity index (χ3n) is 7.01. The lowest BCUT2D eigenvalue weighted by Crippen LogP contribution is -2.58. The summed E-state index contributed by atoms with van der Waals surface area (Å²) >= 11 is 0. The number of piperidine rings is 1. The lowest BCUT2D eigenvalue weighted by molar-refractivity contribution is -0.0417. The summed E-state index contributed by atoms with van der Waals surface area (Å²) in [6, 6.07) is 16.9. The van der Waals surface area contributed by atoms with Crippen LogP contribution in [0.3, 0.4) is 0 Å². The smallest absolute Gasteiger partial charge is 0.272 e. The van der Waals surface area contributed by atoms with Crippen molar-refractivity contribution in [3.05, 3.63) is 77.9 Å². The number of carbonyl (C=O) groups excluding carboxylic acids is 1. The van der Waals surface area contributed by atoms with E-state index in [2.05, 4.69) is 47.6 Å². The topological polar surface area (TPSA) is 68.6 Å². The second-order valence-corrected chi connectivity index (χ2v) is 9.05. The van der Waals surface area contributed by atoms with E-state index < -0.39 is 0 Å². The Balaban J connectivity index is 1.43. The number of fused-ring (bicyclic) bond motifs is 1. The van der Waals surface area contributed by atoms with E-state index >= 15 is 0 Å². The molecule has 7 heteroatoms. The lowest BCUT2D eigenvalue weighted by Gasteiger charge is -2.41. The van der Waals surface area contributed by atoms with E-state index in [4.69, 9.17) is 9.47 Å². The van der Waals surface area contributed by atoms with Crippen LogP contribution in [0.25, 0.3) is 11.1 Å². The summed E-state index contributed by atoms with van der Waals surface area (Å²) in [5.74, 6) is 0.00855. The Hall–Kier alpha value is -3.00. The zero-order valence-electron chi connectivity index (χ0n) is 19.8. The Morgan fingerprint density at radius 1 is 1.21 bits per heavy atom. The minimum Gasteiger partial charge on any atom is -0.380 e. The van der Waals surface area contributed by atoms with Crippen molar-refractivity contribution >= 4 is 5.91 Å². The molecule has 5 rings (SSSR count). The first kappa shape index (κ1) is 22.8. The van der Waals surface area contributed by atoms with Crippen molar-refractivity contribution in [1.29, 1.82) is 0 Å². The van der Waals surface area contributed by atoms with Crippen LogP contribution < -0.4 is 5.32 Å². The van der Waals surface area contributed by atoms with Crippen LogP contribution in [-0.4, -0.2) is 65.9 Å². The number of ether oxygens (including phenoxy) is 2. The number of nitrogens with zero attached hydrogens (tertiary/aromatic N) is 3. The van der Waals surface area contributed by atoms with Crippen molar-refractivity contribution < 1.29 is 14.3 Å². The number of morpholine rings is 1. The van der Waals surface area contributed by atoms with Crippen LogP contribution in [0.5, 0.6) is 0 Å². The van der Waals surface area contributed by atoms with Crippen molar-refractivity contribution in [3.63, 3.8) is 0 Å². The third kappa shape index (κ3) is 4.39. The minimum absolute atomic E-state index is 0.00855. The largest absolute Gasteiger partial charge is 0.380 e. The molecule has 2 aliphatic rings. The molecule has 3 atom stereocenters. The number of likely N-dealkylation sites (tertiary alicyclic amines) is 1. The van der Waals surface area contributed by atoms with Gasteiger partial charge in [-0.15, -0.1) is 0 Å². The first-order valence-corrected chi connectivity index (χ1v) is 12.0. The van der Waals surface area contributed by atoms with E-state index in [1.807, 2.05) is 27.7 Å². The predicted molar refractivity (Wildman–Crippen MR) is 131 cm³/mol. The highest BCUT2D eigenvalue weighted by atomic mass is 16.5. The molecule has 2 aliphatic heterocycles. The van der Waals surface area contributed by atoms with E-state index in [1.165, 1.54) is 0 Å².